The number of fused-ring (bicyclic) bond motifs is 1. The first-order valence-electron chi connectivity index (χ1n) is 14.6. The van der Waals surface area contributed by atoms with E-state index < -0.39 is 34.0 Å². The summed E-state index contributed by atoms with van der Waals surface area (Å²) in [5, 5.41) is 29.5. The first-order valence-corrected chi connectivity index (χ1v) is 17.0. The van der Waals surface area contributed by atoms with Crippen LogP contribution in [0.15, 0.2) is 47.5 Å². The van der Waals surface area contributed by atoms with Gasteiger partial charge >= 0.3 is 0 Å². The van der Waals surface area contributed by atoms with E-state index in [0.717, 1.165) is 51.6 Å². The lowest BCUT2D eigenvalue weighted by Gasteiger charge is -2.21. The van der Waals surface area contributed by atoms with Crippen molar-refractivity contribution >= 4 is 43.2 Å². The summed E-state index contributed by atoms with van der Waals surface area (Å²) in [4.78, 5) is 19.4. The molecule has 7 rings (SSSR count). The van der Waals surface area contributed by atoms with Gasteiger partial charge < -0.3 is 20.8 Å². The molecule has 3 saturated carbocycles. The predicted octanol–water partition coefficient (Wildman–Crippen LogP) is 4.15. The zero-order valence-corrected chi connectivity index (χ0v) is 24.9. The Morgan fingerprint density at radius 3 is 2.52 bits per heavy atom. The van der Waals surface area contributed by atoms with Crippen molar-refractivity contribution < 1.29 is 18.6 Å². The Kier molecular flexibility index (Phi) is 7.12. The van der Waals surface area contributed by atoms with Crippen LogP contribution in [0.3, 0.4) is 0 Å². The van der Waals surface area contributed by atoms with Crippen LogP contribution in [0, 0.1) is 18.8 Å². The lowest BCUT2D eigenvalue weighted by Crippen LogP contribution is -2.36. The number of thiazole rings is 1. The third kappa shape index (κ3) is 5.48. The van der Waals surface area contributed by atoms with E-state index in [-0.39, 0.29) is 17.1 Å². The minimum absolute atomic E-state index is 0.207. The van der Waals surface area contributed by atoms with Crippen molar-refractivity contribution in [2.45, 2.75) is 68.1 Å². The first-order chi connectivity index (χ1) is 20.3. The molecule has 10 nitrogen and oxygen atoms in total. The van der Waals surface area contributed by atoms with Gasteiger partial charge in [-0.2, -0.15) is 4.98 Å². The van der Waals surface area contributed by atoms with Gasteiger partial charge in [0.15, 0.2) is 9.84 Å². The highest BCUT2D eigenvalue weighted by Crippen LogP contribution is 2.44. The van der Waals surface area contributed by atoms with E-state index in [2.05, 4.69) is 15.6 Å². The Morgan fingerprint density at radius 2 is 1.79 bits per heavy atom. The van der Waals surface area contributed by atoms with Crippen LogP contribution in [0.4, 0.5) is 11.8 Å². The number of pyridine rings is 1. The van der Waals surface area contributed by atoms with E-state index in [1.165, 1.54) is 12.8 Å². The number of anilines is 2. The van der Waals surface area contributed by atoms with Crippen LogP contribution in [0.1, 0.15) is 49.4 Å². The molecule has 4 aromatic rings. The number of aliphatic hydroxyl groups is 2. The van der Waals surface area contributed by atoms with Crippen molar-refractivity contribution in [3.63, 3.8) is 0 Å². The lowest BCUT2D eigenvalue weighted by atomic mass is 10.1. The molecule has 0 spiro atoms. The monoisotopic (exact) mass is 606 g/mol. The molecule has 3 aromatic heterocycles. The number of sulfone groups is 1. The number of rotatable bonds is 10. The van der Waals surface area contributed by atoms with Gasteiger partial charge in [-0.05, 0) is 63.1 Å². The van der Waals surface area contributed by atoms with Gasteiger partial charge in [0.05, 0.1) is 44.4 Å². The van der Waals surface area contributed by atoms with Crippen LogP contribution in [0.2, 0.25) is 0 Å². The molecule has 0 radical (unpaired) electrons. The zero-order chi connectivity index (χ0) is 29.0. The van der Waals surface area contributed by atoms with Crippen LogP contribution in [0.25, 0.3) is 20.8 Å². The van der Waals surface area contributed by atoms with E-state index in [1.54, 1.807) is 41.7 Å². The van der Waals surface area contributed by atoms with Crippen molar-refractivity contribution in [1.29, 1.82) is 0 Å². The summed E-state index contributed by atoms with van der Waals surface area (Å²) in [7, 11) is -3.64. The van der Waals surface area contributed by atoms with Gasteiger partial charge in [0.2, 0.25) is 5.95 Å². The van der Waals surface area contributed by atoms with Crippen LogP contribution < -0.4 is 10.6 Å². The topological polar surface area (TPSA) is 150 Å². The Labute approximate surface area is 248 Å². The summed E-state index contributed by atoms with van der Waals surface area (Å²) in [6.07, 6.45) is 4.36. The van der Waals surface area contributed by atoms with Gasteiger partial charge in [0.25, 0.3) is 0 Å². The molecule has 12 heteroatoms. The molecule has 0 amide bonds. The lowest BCUT2D eigenvalue weighted by molar-refractivity contribution is 0.0216. The largest absolute Gasteiger partial charge is 0.390 e. The molecule has 4 N–H and O–H groups in total. The summed E-state index contributed by atoms with van der Waals surface area (Å²) in [5.74, 6) is 1.17. The normalized spacial score (nSPS) is 24.3. The molecular weight excluding hydrogens is 573 g/mol. The highest BCUT2D eigenvalue weighted by atomic mass is 32.2. The second kappa shape index (κ2) is 10.8. The van der Waals surface area contributed by atoms with Gasteiger partial charge in [-0.1, -0.05) is 18.2 Å². The molecule has 0 unspecified atom stereocenters. The molecule has 3 fully saturated rings. The Morgan fingerprint density at radius 1 is 1.00 bits per heavy atom. The second-order valence-corrected chi connectivity index (χ2v) is 14.9. The SMILES string of the molecule is Cc1nc(NCC2CC2)nc(N[C@@H]2C[C@H](CS(=O)(=O)c3ccccc3)[C@@H](O)[C@H]2O)c1-c1nc2c(C3CC3)nccc2s1. The number of aryl methyl sites for hydroxylation is 1. The maximum absolute atomic E-state index is 13.1. The third-order valence-corrected chi connectivity index (χ3v) is 11.4. The van der Waals surface area contributed by atoms with Crippen molar-refractivity contribution in [1.82, 2.24) is 19.9 Å². The van der Waals surface area contributed by atoms with E-state index >= 15 is 0 Å². The zero-order valence-electron chi connectivity index (χ0n) is 23.3. The molecule has 0 aliphatic heterocycles. The second-order valence-electron chi connectivity index (χ2n) is 11.8. The molecule has 4 atom stereocenters. The van der Waals surface area contributed by atoms with E-state index in [9.17, 15) is 18.6 Å². The molecular formula is C30H34N6O4S2. The molecule has 42 heavy (non-hydrogen) atoms. The number of benzene rings is 1. The minimum atomic E-state index is -3.64. The van der Waals surface area contributed by atoms with E-state index in [0.29, 0.717) is 23.6 Å². The number of aromatic nitrogens is 4. The van der Waals surface area contributed by atoms with E-state index in [1.807, 2.05) is 19.2 Å². The number of hydrogen-bond acceptors (Lipinski definition) is 11. The number of aliphatic hydroxyl groups excluding tert-OH is 2. The quantitative estimate of drug-likeness (QED) is 0.207. The Balaban J connectivity index is 1.20. The van der Waals surface area contributed by atoms with Gasteiger partial charge in [0.1, 0.15) is 22.4 Å². The summed E-state index contributed by atoms with van der Waals surface area (Å²) < 4.78 is 27.2. The molecule has 3 aliphatic carbocycles. The summed E-state index contributed by atoms with van der Waals surface area (Å²) in [6.45, 7) is 2.71. The Bertz CT molecular complexity index is 1720. The fourth-order valence-corrected chi connectivity index (χ4v) is 8.55. The van der Waals surface area contributed by atoms with Crippen LogP contribution in [0.5, 0.6) is 0 Å². The van der Waals surface area contributed by atoms with Crippen molar-refractivity contribution in [3.8, 4) is 10.6 Å². The highest BCUT2D eigenvalue weighted by Gasteiger charge is 2.44. The van der Waals surface area contributed by atoms with Gasteiger partial charge in [0, 0.05) is 24.6 Å². The number of nitrogens with zero attached hydrogens (tertiary/aromatic N) is 4. The number of hydrogen-bond donors (Lipinski definition) is 4. The van der Waals surface area contributed by atoms with Crippen LogP contribution >= 0.6 is 11.3 Å². The van der Waals surface area contributed by atoms with Gasteiger partial charge in [-0.15, -0.1) is 11.3 Å². The average Bonchev–Trinajstić information content (AvgIpc) is 3.91. The fourth-order valence-electron chi connectivity index (χ4n) is 5.82. The van der Waals surface area contributed by atoms with Crippen molar-refractivity contribution in [2.75, 3.05) is 22.9 Å². The predicted molar refractivity (Wildman–Crippen MR) is 162 cm³/mol. The first kappa shape index (κ1) is 27.6. The molecule has 0 saturated heterocycles. The van der Waals surface area contributed by atoms with Crippen molar-refractivity contribution in [3.05, 3.63) is 54.0 Å². The maximum Gasteiger partial charge on any atom is 0.224 e. The summed E-state index contributed by atoms with van der Waals surface area (Å²) >= 11 is 1.55. The molecule has 0 bridgehead atoms. The number of nitrogens with one attached hydrogen (secondary N) is 2. The molecule has 3 aliphatic rings. The minimum Gasteiger partial charge on any atom is -0.390 e. The maximum atomic E-state index is 13.1. The van der Waals surface area contributed by atoms with Gasteiger partial charge in [-0.3, -0.25) is 4.98 Å². The average molecular weight is 607 g/mol. The van der Waals surface area contributed by atoms with Gasteiger partial charge in [-0.25, -0.2) is 18.4 Å². The Hall–Kier alpha value is -3.19. The van der Waals surface area contributed by atoms with Crippen LogP contribution in [-0.2, 0) is 9.84 Å². The third-order valence-electron chi connectivity index (χ3n) is 8.51. The summed E-state index contributed by atoms with van der Waals surface area (Å²) in [5.41, 5.74) is 3.41. The van der Waals surface area contributed by atoms with Crippen LogP contribution in [-0.4, -0.2) is 69.1 Å². The molecule has 3 heterocycles. The molecule has 220 valence electrons. The summed E-state index contributed by atoms with van der Waals surface area (Å²) in [6, 6.07) is 9.59. The highest BCUT2D eigenvalue weighted by molar-refractivity contribution is 7.91. The van der Waals surface area contributed by atoms with E-state index in [4.69, 9.17) is 15.0 Å². The van der Waals surface area contributed by atoms with Crippen molar-refractivity contribution in [2.24, 2.45) is 11.8 Å². The fraction of sp³-hybridized carbons (Fsp3) is 0.467. The smallest absolute Gasteiger partial charge is 0.224 e. The standard InChI is InChI=1S/C30H34N6O4S2/c1-16-23(29-35-25-22(41-29)11-12-31-24(25)18-9-10-18)28(36-30(33-16)32-14-17-7-8-17)34-21-13-19(26(37)27(21)38)15-42(39,40)20-5-3-2-4-6-20/h2-6,11-12,17-19,21,26-27,37-38H,7-10,13-15H2,1H3,(H2,32,33,34,36)/t19-,21-,26-,27+/m1/s1. The molecule has 1 aromatic carbocycles.